The molecule has 1 unspecified atom stereocenters. The summed E-state index contributed by atoms with van der Waals surface area (Å²) in [5, 5.41) is 7.14. The molecule has 0 saturated carbocycles. The van der Waals surface area contributed by atoms with Crippen molar-refractivity contribution >= 4 is 23.1 Å². The van der Waals surface area contributed by atoms with E-state index in [-0.39, 0.29) is 5.91 Å². The summed E-state index contributed by atoms with van der Waals surface area (Å²) in [6, 6.07) is 10.8. The number of amides is 1. The molecule has 6 heteroatoms. The number of hydrogen-bond acceptors (Lipinski definition) is 5. The standard InChI is InChI=1S/C17H22N4OS/c1-2-7-15-16(23-20-19-15)17(22)18-12-14-10-6-11-21(14)13-8-4-3-5-9-13/h3-5,8-9,14H,2,6-7,10-12H2,1H3,(H,18,22). The van der Waals surface area contributed by atoms with Crippen LogP contribution in [-0.4, -0.2) is 34.6 Å². The minimum Gasteiger partial charge on any atom is -0.367 e. The first-order chi connectivity index (χ1) is 11.3. The van der Waals surface area contributed by atoms with E-state index >= 15 is 0 Å². The first-order valence-corrected chi connectivity index (χ1v) is 8.98. The quantitative estimate of drug-likeness (QED) is 0.885. The summed E-state index contributed by atoms with van der Waals surface area (Å²) in [4.78, 5) is 15.5. The molecule has 1 fully saturated rings. The van der Waals surface area contributed by atoms with Crippen LogP contribution in [0.15, 0.2) is 30.3 Å². The fraction of sp³-hybridized carbons (Fsp3) is 0.471. The zero-order valence-corrected chi connectivity index (χ0v) is 14.2. The Morgan fingerprint density at radius 2 is 2.22 bits per heavy atom. The van der Waals surface area contributed by atoms with Crippen LogP contribution in [-0.2, 0) is 6.42 Å². The van der Waals surface area contributed by atoms with Gasteiger partial charge in [-0.15, -0.1) is 5.10 Å². The highest BCUT2D eigenvalue weighted by Crippen LogP contribution is 2.24. The third kappa shape index (κ3) is 3.69. The molecule has 2 aromatic rings. The average Bonchev–Trinajstić information content (AvgIpc) is 3.23. The van der Waals surface area contributed by atoms with Gasteiger partial charge in [0.05, 0.1) is 5.69 Å². The van der Waals surface area contributed by atoms with Gasteiger partial charge in [-0.25, -0.2) is 0 Å². The topological polar surface area (TPSA) is 58.1 Å². The lowest BCUT2D eigenvalue weighted by Gasteiger charge is -2.27. The van der Waals surface area contributed by atoms with E-state index in [4.69, 9.17) is 0 Å². The van der Waals surface area contributed by atoms with Gasteiger partial charge in [-0.3, -0.25) is 4.79 Å². The fourth-order valence-corrected chi connectivity index (χ4v) is 3.70. The number of nitrogens with one attached hydrogen (secondary N) is 1. The number of benzene rings is 1. The lowest BCUT2D eigenvalue weighted by Crippen LogP contribution is -2.40. The molecule has 1 N–H and O–H groups in total. The second-order valence-electron chi connectivity index (χ2n) is 5.83. The first kappa shape index (κ1) is 15.9. The van der Waals surface area contributed by atoms with Gasteiger partial charge in [0.2, 0.25) is 0 Å². The third-order valence-corrected chi connectivity index (χ3v) is 4.98. The van der Waals surface area contributed by atoms with Crippen LogP contribution in [0.25, 0.3) is 0 Å². The van der Waals surface area contributed by atoms with Crippen molar-refractivity contribution in [2.75, 3.05) is 18.0 Å². The Morgan fingerprint density at radius 1 is 1.39 bits per heavy atom. The van der Waals surface area contributed by atoms with E-state index in [1.165, 1.54) is 23.6 Å². The van der Waals surface area contributed by atoms with Crippen LogP contribution in [0, 0.1) is 0 Å². The zero-order valence-electron chi connectivity index (χ0n) is 13.4. The lowest BCUT2D eigenvalue weighted by molar-refractivity contribution is 0.0954. The van der Waals surface area contributed by atoms with Crippen LogP contribution < -0.4 is 10.2 Å². The molecule has 1 saturated heterocycles. The molecule has 5 nitrogen and oxygen atoms in total. The second-order valence-corrected chi connectivity index (χ2v) is 6.59. The Bertz CT molecular complexity index is 643. The van der Waals surface area contributed by atoms with E-state index < -0.39 is 0 Å². The monoisotopic (exact) mass is 330 g/mol. The maximum absolute atomic E-state index is 12.4. The van der Waals surface area contributed by atoms with Crippen LogP contribution in [0.1, 0.15) is 41.6 Å². The fourth-order valence-electron chi connectivity index (χ4n) is 3.08. The number of aromatic nitrogens is 2. The second kappa shape index (κ2) is 7.55. The molecule has 1 amide bonds. The predicted octanol–water partition coefficient (Wildman–Crippen LogP) is 2.89. The summed E-state index contributed by atoms with van der Waals surface area (Å²) >= 11 is 1.19. The SMILES string of the molecule is CCCc1nnsc1C(=O)NCC1CCCN1c1ccccc1. The molecule has 1 aromatic carbocycles. The summed E-state index contributed by atoms with van der Waals surface area (Å²) in [5.74, 6) is -0.0386. The molecule has 0 bridgehead atoms. The summed E-state index contributed by atoms with van der Waals surface area (Å²) in [5.41, 5.74) is 2.05. The highest BCUT2D eigenvalue weighted by Gasteiger charge is 2.25. The van der Waals surface area contributed by atoms with Gasteiger partial charge >= 0.3 is 0 Å². The average molecular weight is 330 g/mol. The summed E-state index contributed by atoms with van der Waals surface area (Å²) in [6.07, 6.45) is 4.05. The molecule has 23 heavy (non-hydrogen) atoms. The molecule has 1 atom stereocenters. The number of carbonyl (C=O) groups excluding carboxylic acids is 1. The van der Waals surface area contributed by atoms with Crippen LogP contribution >= 0.6 is 11.5 Å². The van der Waals surface area contributed by atoms with E-state index in [9.17, 15) is 4.79 Å². The van der Waals surface area contributed by atoms with Gasteiger partial charge in [0.1, 0.15) is 4.88 Å². The molecule has 1 aliphatic rings. The van der Waals surface area contributed by atoms with Crippen LogP contribution in [0.3, 0.4) is 0 Å². The van der Waals surface area contributed by atoms with E-state index in [0.29, 0.717) is 17.5 Å². The Labute approximate surface area is 140 Å². The van der Waals surface area contributed by atoms with Crippen molar-refractivity contribution in [1.29, 1.82) is 0 Å². The molecule has 3 rings (SSSR count). The van der Waals surface area contributed by atoms with E-state index in [1.54, 1.807) is 0 Å². The summed E-state index contributed by atoms with van der Waals surface area (Å²) in [7, 11) is 0. The summed E-state index contributed by atoms with van der Waals surface area (Å²) < 4.78 is 3.92. The number of para-hydroxylation sites is 1. The molecule has 0 spiro atoms. The van der Waals surface area contributed by atoms with Gasteiger partial charge in [-0.1, -0.05) is 36.0 Å². The van der Waals surface area contributed by atoms with Crippen molar-refractivity contribution in [3.63, 3.8) is 0 Å². The van der Waals surface area contributed by atoms with Crippen LogP contribution in [0.4, 0.5) is 5.69 Å². The maximum atomic E-state index is 12.4. The van der Waals surface area contributed by atoms with Gasteiger partial charge < -0.3 is 10.2 Å². The highest BCUT2D eigenvalue weighted by atomic mass is 32.1. The Kier molecular flexibility index (Phi) is 5.23. The molecular formula is C17H22N4OS. The number of rotatable bonds is 6. The zero-order chi connectivity index (χ0) is 16.1. The van der Waals surface area contributed by atoms with E-state index in [2.05, 4.69) is 51.0 Å². The Hall–Kier alpha value is -1.95. The minimum atomic E-state index is -0.0386. The van der Waals surface area contributed by atoms with Crippen molar-refractivity contribution in [2.45, 2.75) is 38.6 Å². The Balaban J connectivity index is 1.61. The Morgan fingerprint density at radius 3 is 3.00 bits per heavy atom. The predicted molar refractivity (Wildman–Crippen MR) is 93.0 cm³/mol. The normalized spacial score (nSPS) is 17.4. The molecule has 0 aliphatic carbocycles. The van der Waals surface area contributed by atoms with E-state index in [0.717, 1.165) is 31.5 Å². The van der Waals surface area contributed by atoms with Gasteiger partial charge in [0, 0.05) is 24.8 Å². The van der Waals surface area contributed by atoms with Crippen molar-refractivity contribution in [2.24, 2.45) is 0 Å². The van der Waals surface area contributed by atoms with Crippen molar-refractivity contribution < 1.29 is 4.79 Å². The van der Waals surface area contributed by atoms with Gasteiger partial charge in [0.15, 0.2) is 0 Å². The molecule has 1 aliphatic heterocycles. The summed E-state index contributed by atoms with van der Waals surface area (Å²) in [6.45, 7) is 3.79. The molecule has 2 heterocycles. The van der Waals surface area contributed by atoms with Crippen molar-refractivity contribution in [3.05, 3.63) is 40.9 Å². The highest BCUT2D eigenvalue weighted by molar-refractivity contribution is 7.08. The smallest absolute Gasteiger partial charge is 0.265 e. The number of nitrogens with zero attached hydrogens (tertiary/aromatic N) is 3. The van der Waals surface area contributed by atoms with Crippen LogP contribution in [0.5, 0.6) is 0 Å². The van der Waals surface area contributed by atoms with Gasteiger partial charge in [-0.05, 0) is 42.9 Å². The van der Waals surface area contributed by atoms with Crippen LogP contribution in [0.2, 0.25) is 0 Å². The van der Waals surface area contributed by atoms with Crippen molar-refractivity contribution in [1.82, 2.24) is 14.9 Å². The van der Waals surface area contributed by atoms with E-state index in [1.807, 2.05) is 6.07 Å². The van der Waals surface area contributed by atoms with Crippen molar-refractivity contribution in [3.8, 4) is 0 Å². The van der Waals surface area contributed by atoms with Gasteiger partial charge in [-0.2, -0.15) is 0 Å². The maximum Gasteiger partial charge on any atom is 0.265 e. The molecule has 122 valence electrons. The molecule has 0 radical (unpaired) electrons. The third-order valence-electron chi connectivity index (χ3n) is 4.21. The molecule has 1 aromatic heterocycles. The van der Waals surface area contributed by atoms with Gasteiger partial charge in [0.25, 0.3) is 5.91 Å². The number of hydrogen-bond donors (Lipinski definition) is 1. The number of aryl methyl sites for hydroxylation is 1. The molecular weight excluding hydrogens is 308 g/mol. The minimum absolute atomic E-state index is 0.0386. The lowest BCUT2D eigenvalue weighted by atomic mass is 10.2. The first-order valence-electron chi connectivity index (χ1n) is 8.20. The number of carbonyl (C=O) groups is 1. The number of anilines is 1. The largest absolute Gasteiger partial charge is 0.367 e.